The lowest BCUT2D eigenvalue weighted by Crippen LogP contribution is -2.64. The summed E-state index contributed by atoms with van der Waals surface area (Å²) in [6.07, 6.45) is 0.0162. The largest absolute Gasteiger partial charge is 0.394 e. The fourth-order valence-electron chi connectivity index (χ4n) is 9.64. The van der Waals surface area contributed by atoms with Gasteiger partial charge in [0.15, 0.2) is 0 Å². The summed E-state index contributed by atoms with van der Waals surface area (Å²) in [7, 11) is 0. The molecule has 284 valence electrons. The number of halogens is 3. The maximum Gasteiger partial charge on any atom is 0.238 e. The molecule has 54 heavy (non-hydrogen) atoms. The molecule has 0 bridgehead atoms. The second kappa shape index (κ2) is 15.0. The van der Waals surface area contributed by atoms with E-state index in [9.17, 15) is 15.3 Å². The Hall–Kier alpha value is -3.83. The number of hydrogen-bond donors (Lipinski definition) is 5. The molecule has 2 aliphatic heterocycles. The molecule has 5 N–H and O–H groups in total. The van der Waals surface area contributed by atoms with Gasteiger partial charge in [0, 0.05) is 28.7 Å². The van der Waals surface area contributed by atoms with Crippen molar-refractivity contribution in [3.8, 4) is 0 Å². The van der Waals surface area contributed by atoms with Gasteiger partial charge in [-0.1, -0.05) is 116 Å². The van der Waals surface area contributed by atoms with Crippen LogP contribution in [0.3, 0.4) is 0 Å². The Bertz CT molecular complexity index is 2010. The monoisotopic (exact) mass is 773 g/mol. The number of nitrogens with one attached hydrogen (secondary N) is 2. The summed E-state index contributed by atoms with van der Waals surface area (Å²) in [6, 6.07) is 26.4. The molecule has 4 aromatic rings. The highest BCUT2D eigenvalue weighted by atomic mass is 35.5. The highest BCUT2D eigenvalue weighted by Crippen LogP contribution is 2.69. The molecule has 2 spiro atoms. The number of rotatable bonds is 10. The summed E-state index contributed by atoms with van der Waals surface area (Å²) >= 11 is 13.1. The van der Waals surface area contributed by atoms with Gasteiger partial charge in [0.1, 0.15) is 11.2 Å². The Labute approximate surface area is 325 Å². The molecule has 2 amide bonds. The highest BCUT2D eigenvalue weighted by Gasteiger charge is 2.77. The summed E-state index contributed by atoms with van der Waals surface area (Å²) in [6.45, 7) is 3.89. The number of anilines is 1. The summed E-state index contributed by atoms with van der Waals surface area (Å²) in [4.78, 5) is 32.8. The van der Waals surface area contributed by atoms with E-state index in [1.165, 1.54) is 6.07 Å². The van der Waals surface area contributed by atoms with E-state index >= 15 is 14.0 Å². The van der Waals surface area contributed by atoms with Crippen molar-refractivity contribution in [1.29, 1.82) is 0 Å². The molecule has 3 aliphatic rings. The molecule has 2 heterocycles. The molecule has 1 aliphatic carbocycles. The lowest BCUT2D eigenvalue weighted by molar-refractivity contribution is -0.136. The molecule has 4 aromatic carbocycles. The third kappa shape index (κ3) is 6.33. The Morgan fingerprint density at radius 2 is 1.57 bits per heavy atom. The minimum Gasteiger partial charge on any atom is -0.394 e. The SMILES string of the molecule is CC1(C)CCC2(CC1)N([C@H](c1ccccc1)[C@@H](O)c1ccccc1)[C@@H](C(=O)NCC[C@H](O)CO)[C@H](c1cccc(Cl)c1F)C21C(=O)Nc2cc(Cl)ccc21. The summed E-state index contributed by atoms with van der Waals surface area (Å²) in [5, 5.41) is 38.9. The Balaban J connectivity index is 1.59. The van der Waals surface area contributed by atoms with Gasteiger partial charge in [-0.2, -0.15) is 0 Å². The number of aliphatic hydroxyl groups excluding tert-OH is 3. The number of aliphatic hydroxyl groups is 3. The van der Waals surface area contributed by atoms with Crippen LogP contribution in [0.25, 0.3) is 0 Å². The average molecular weight is 775 g/mol. The van der Waals surface area contributed by atoms with Crippen molar-refractivity contribution in [3.05, 3.63) is 135 Å². The minimum atomic E-state index is -1.58. The second-order valence-corrected chi connectivity index (χ2v) is 16.6. The van der Waals surface area contributed by atoms with E-state index in [1.54, 1.807) is 24.3 Å². The topological polar surface area (TPSA) is 122 Å². The van der Waals surface area contributed by atoms with Crippen LogP contribution in [0.5, 0.6) is 0 Å². The number of hydrogen-bond acceptors (Lipinski definition) is 6. The molecule has 11 heteroatoms. The molecular formula is C43H46Cl2FN3O5. The molecule has 0 radical (unpaired) electrons. The van der Waals surface area contributed by atoms with Gasteiger partial charge >= 0.3 is 0 Å². The molecule has 2 fully saturated rings. The normalized spacial score (nSPS) is 24.6. The van der Waals surface area contributed by atoms with Crippen LogP contribution >= 0.6 is 23.2 Å². The first-order valence-corrected chi connectivity index (χ1v) is 19.3. The van der Waals surface area contributed by atoms with Gasteiger partial charge in [-0.3, -0.25) is 14.5 Å². The van der Waals surface area contributed by atoms with Gasteiger partial charge in [0.2, 0.25) is 11.8 Å². The van der Waals surface area contributed by atoms with E-state index in [1.807, 2.05) is 71.6 Å². The quantitative estimate of drug-likeness (QED) is 0.114. The number of carbonyl (C=O) groups is 2. The lowest BCUT2D eigenvalue weighted by Gasteiger charge is -2.56. The van der Waals surface area contributed by atoms with Crippen molar-refractivity contribution in [2.45, 2.75) is 87.1 Å². The van der Waals surface area contributed by atoms with Gasteiger partial charge in [-0.15, -0.1) is 0 Å². The molecule has 0 aromatic heterocycles. The first kappa shape index (κ1) is 38.4. The first-order chi connectivity index (χ1) is 25.9. The first-order valence-electron chi connectivity index (χ1n) is 18.5. The molecule has 6 atom stereocenters. The number of carbonyl (C=O) groups excluding carboxylic acids is 2. The van der Waals surface area contributed by atoms with Crippen molar-refractivity contribution in [2.24, 2.45) is 5.41 Å². The number of likely N-dealkylation sites (tertiary alicyclic amines) is 1. The van der Waals surface area contributed by atoms with E-state index < -0.39 is 59.5 Å². The Morgan fingerprint density at radius 1 is 0.926 bits per heavy atom. The van der Waals surface area contributed by atoms with Crippen LogP contribution in [0.4, 0.5) is 10.1 Å². The summed E-state index contributed by atoms with van der Waals surface area (Å²) in [5.74, 6) is -2.79. The van der Waals surface area contributed by atoms with E-state index in [4.69, 9.17) is 23.2 Å². The van der Waals surface area contributed by atoms with Gasteiger partial charge in [-0.05, 0) is 78.0 Å². The van der Waals surface area contributed by atoms with Crippen LogP contribution < -0.4 is 10.6 Å². The van der Waals surface area contributed by atoms with Crippen LogP contribution in [-0.4, -0.2) is 62.9 Å². The summed E-state index contributed by atoms with van der Waals surface area (Å²) < 4.78 is 16.9. The highest BCUT2D eigenvalue weighted by molar-refractivity contribution is 6.31. The van der Waals surface area contributed by atoms with E-state index in [0.717, 1.165) is 0 Å². The maximum absolute atomic E-state index is 16.9. The van der Waals surface area contributed by atoms with Gasteiger partial charge in [0.25, 0.3) is 0 Å². The van der Waals surface area contributed by atoms with Crippen molar-refractivity contribution in [1.82, 2.24) is 10.2 Å². The molecule has 8 nitrogen and oxygen atoms in total. The third-order valence-corrected chi connectivity index (χ3v) is 12.7. The van der Waals surface area contributed by atoms with Gasteiger partial charge in [-0.25, -0.2) is 4.39 Å². The van der Waals surface area contributed by atoms with Crippen molar-refractivity contribution in [3.63, 3.8) is 0 Å². The van der Waals surface area contributed by atoms with Crippen LogP contribution in [0.15, 0.2) is 97.1 Å². The molecular weight excluding hydrogens is 728 g/mol. The zero-order valence-electron chi connectivity index (χ0n) is 30.3. The maximum atomic E-state index is 16.9. The fourth-order valence-corrected chi connectivity index (χ4v) is 10.00. The van der Waals surface area contributed by atoms with Gasteiger partial charge < -0.3 is 26.0 Å². The van der Waals surface area contributed by atoms with E-state index in [2.05, 4.69) is 24.5 Å². The third-order valence-electron chi connectivity index (χ3n) is 12.2. The van der Waals surface area contributed by atoms with E-state index in [-0.39, 0.29) is 34.9 Å². The number of fused-ring (bicyclic) bond motifs is 3. The Kier molecular flexibility index (Phi) is 10.7. The predicted molar refractivity (Wildman–Crippen MR) is 208 cm³/mol. The molecule has 1 saturated heterocycles. The van der Waals surface area contributed by atoms with Crippen LogP contribution in [0, 0.1) is 11.2 Å². The standard InChI is InChI=1S/C43H46Cl2FN3O5/c1-41(2)19-21-42(22-20-41)43(31-17-16-28(44)24-33(31)48-40(43)54)34(30-14-9-15-32(45)35(30)46)37(39(53)47-23-18-29(51)25-50)49(42)36(26-10-5-3-6-11-26)38(52)27-12-7-4-8-13-27/h3-17,24,29,34,36-38,50-52H,18-23,25H2,1-2H3,(H,47,53)(H,48,54)/t29-,34-,36+,37+,38-,43?/m0/s1. The molecule has 1 unspecified atom stereocenters. The lowest BCUT2D eigenvalue weighted by atomic mass is 9.53. The zero-order chi connectivity index (χ0) is 38.4. The smallest absolute Gasteiger partial charge is 0.238 e. The zero-order valence-corrected chi connectivity index (χ0v) is 31.8. The number of benzene rings is 4. The van der Waals surface area contributed by atoms with Crippen molar-refractivity contribution >= 4 is 40.7 Å². The average Bonchev–Trinajstić information content (AvgIpc) is 3.59. The van der Waals surface area contributed by atoms with Crippen LogP contribution in [-0.2, 0) is 15.0 Å². The summed E-state index contributed by atoms with van der Waals surface area (Å²) in [5.41, 5.74) is -0.369. The fraction of sp³-hybridized carbons (Fsp3) is 0.395. The van der Waals surface area contributed by atoms with Crippen LogP contribution in [0.1, 0.15) is 86.3 Å². The Morgan fingerprint density at radius 3 is 2.22 bits per heavy atom. The van der Waals surface area contributed by atoms with Gasteiger partial charge in [0.05, 0.1) is 35.9 Å². The van der Waals surface area contributed by atoms with Crippen molar-refractivity contribution < 1.29 is 29.3 Å². The second-order valence-electron chi connectivity index (χ2n) is 15.7. The minimum absolute atomic E-state index is 0.00167. The van der Waals surface area contributed by atoms with E-state index in [0.29, 0.717) is 53.1 Å². The number of amides is 2. The van der Waals surface area contributed by atoms with Crippen molar-refractivity contribution in [2.75, 3.05) is 18.5 Å². The molecule has 7 rings (SSSR count). The van der Waals surface area contributed by atoms with Crippen LogP contribution in [0.2, 0.25) is 10.0 Å². The molecule has 1 saturated carbocycles. The predicted octanol–water partition coefficient (Wildman–Crippen LogP) is 7.46. The number of nitrogens with zero attached hydrogens (tertiary/aromatic N) is 1.